The number of benzene rings is 1. The fourth-order valence-corrected chi connectivity index (χ4v) is 6.30. The van der Waals surface area contributed by atoms with Gasteiger partial charge in [-0.1, -0.05) is 11.6 Å². The van der Waals surface area contributed by atoms with Gasteiger partial charge in [0.2, 0.25) is 0 Å². The Labute approximate surface area is 237 Å². The Morgan fingerprint density at radius 2 is 1.95 bits per heavy atom. The van der Waals surface area contributed by atoms with Crippen molar-refractivity contribution in [2.45, 2.75) is 44.7 Å². The van der Waals surface area contributed by atoms with Gasteiger partial charge in [0.25, 0.3) is 0 Å². The lowest BCUT2D eigenvalue weighted by Gasteiger charge is -2.13. The van der Waals surface area contributed by atoms with E-state index in [1.54, 1.807) is 12.0 Å². The zero-order chi connectivity index (χ0) is 27.1. The molecule has 3 heterocycles. The summed E-state index contributed by atoms with van der Waals surface area (Å²) in [5, 5.41) is 3.85. The summed E-state index contributed by atoms with van der Waals surface area (Å²) in [7, 11) is 1.62. The molecule has 1 N–H and O–H groups in total. The summed E-state index contributed by atoms with van der Waals surface area (Å²) in [5.74, 6) is 4.88. The highest BCUT2D eigenvalue weighted by Gasteiger charge is 2.32. The van der Waals surface area contributed by atoms with Crippen LogP contribution in [0.15, 0.2) is 41.4 Å². The van der Waals surface area contributed by atoms with Gasteiger partial charge in [-0.05, 0) is 74.6 Å². The number of pyridine rings is 1. The van der Waals surface area contributed by atoms with Gasteiger partial charge in [-0.2, -0.15) is 11.8 Å². The van der Waals surface area contributed by atoms with E-state index in [1.807, 2.05) is 67.8 Å². The molecule has 11 heteroatoms. The maximum atomic E-state index is 12.3. The van der Waals surface area contributed by atoms with Gasteiger partial charge in [-0.25, -0.2) is 14.8 Å². The zero-order valence-electron chi connectivity index (χ0n) is 22.0. The Morgan fingerprint density at radius 1 is 1.16 bits per heavy atom. The highest BCUT2D eigenvalue weighted by molar-refractivity contribution is 8.00. The lowest BCUT2D eigenvalue weighted by molar-refractivity contribution is 0.151. The molecule has 1 aliphatic rings. The van der Waals surface area contributed by atoms with E-state index >= 15 is 0 Å². The zero-order valence-corrected chi connectivity index (χ0v) is 24.4. The number of carbonyl (C=O) groups excluding carboxylic acids is 1. The Hall–Kier alpha value is -2.69. The third-order valence-corrected chi connectivity index (χ3v) is 8.95. The van der Waals surface area contributed by atoms with Gasteiger partial charge >= 0.3 is 6.09 Å². The number of aryl methyl sites for hydroxylation is 2. The van der Waals surface area contributed by atoms with Crippen molar-refractivity contribution in [3.05, 3.63) is 64.3 Å². The first kappa shape index (κ1) is 28.3. The summed E-state index contributed by atoms with van der Waals surface area (Å²) in [6.45, 7) is 6.94. The van der Waals surface area contributed by atoms with Gasteiger partial charge in [0, 0.05) is 22.5 Å². The third-order valence-electron chi connectivity index (χ3n) is 6.06. The van der Waals surface area contributed by atoms with Gasteiger partial charge in [-0.3, -0.25) is 9.88 Å². The molecule has 1 aromatic carbocycles. The summed E-state index contributed by atoms with van der Waals surface area (Å²) in [4.78, 5) is 28.5. The Kier molecular flexibility index (Phi) is 9.98. The van der Waals surface area contributed by atoms with Crippen LogP contribution in [0.5, 0.6) is 5.75 Å². The fourth-order valence-electron chi connectivity index (χ4n) is 4.02. The van der Waals surface area contributed by atoms with Crippen LogP contribution in [0.2, 0.25) is 5.02 Å². The first-order valence-corrected chi connectivity index (χ1v) is 14.9. The number of methoxy groups -OCH3 is 1. The average Bonchev–Trinajstić information content (AvgIpc) is 3.28. The third kappa shape index (κ3) is 7.24. The summed E-state index contributed by atoms with van der Waals surface area (Å²) >= 11 is 10.0. The first-order valence-electron chi connectivity index (χ1n) is 12.4. The molecule has 2 aromatic heterocycles. The minimum Gasteiger partial charge on any atom is -0.497 e. The normalized spacial score (nSPS) is 15.0. The number of amides is 1. The van der Waals surface area contributed by atoms with Crippen LogP contribution in [0.3, 0.4) is 0 Å². The topological polar surface area (TPSA) is 89.5 Å². The molecule has 202 valence electrons. The molecule has 0 saturated carbocycles. The molecule has 0 bridgehead atoms. The number of thioether (sulfide) groups is 2. The van der Waals surface area contributed by atoms with Crippen molar-refractivity contribution in [1.82, 2.24) is 15.0 Å². The van der Waals surface area contributed by atoms with E-state index in [0.29, 0.717) is 29.8 Å². The number of carbonyl (C=O) groups is 1. The number of cyclic esters (lactones) is 1. The van der Waals surface area contributed by atoms with Crippen molar-refractivity contribution >= 4 is 52.7 Å². The fraction of sp³-hybridized carbons (Fsp3) is 0.407. The van der Waals surface area contributed by atoms with Gasteiger partial charge < -0.3 is 14.8 Å². The maximum Gasteiger partial charge on any atom is 0.414 e. The largest absolute Gasteiger partial charge is 0.497 e. The van der Waals surface area contributed by atoms with Gasteiger partial charge in [-0.15, -0.1) is 11.8 Å². The molecule has 1 saturated heterocycles. The van der Waals surface area contributed by atoms with E-state index < -0.39 is 0 Å². The van der Waals surface area contributed by atoms with E-state index in [2.05, 4.69) is 33.3 Å². The quantitative estimate of drug-likeness (QED) is 0.198. The van der Waals surface area contributed by atoms with Crippen LogP contribution < -0.4 is 15.0 Å². The molecule has 1 atom stereocenters. The molecule has 8 nitrogen and oxygen atoms in total. The molecule has 0 aliphatic carbocycles. The Balaban J connectivity index is 1.18. The highest BCUT2D eigenvalue weighted by atomic mass is 35.5. The molecule has 1 amide bonds. The van der Waals surface area contributed by atoms with Crippen LogP contribution in [-0.4, -0.2) is 58.1 Å². The number of hydrogen-bond acceptors (Lipinski definition) is 9. The van der Waals surface area contributed by atoms with Crippen molar-refractivity contribution in [2.75, 3.05) is 41.1 Å². The second-order valence-corrected chi connectivity index (χ2v) is 11.5. The van der Waals surface area contributed by atoms with Gasteiger partial charge in [0.05, 0.1) is 31.6 Å². The molecule has 1 fully saturated rings. The lowest BCUT2D eigenvalue weighted by Crippen LogP contribution is -2.24. The molecular weight excluding hydrogens is 542 g/mol. The number of hydrogen-bond donors (Lipinski definition) is 1. The van der Waals surface area contributed by atoms with Crippen LogP contribution in [0.25, 0.3) is 0 Å². The SMILES string of the molecule is COc1ccc(N2CC(CSCCCSc3ccnc(CNc4nc(C)nc(C)c4Cl)c3C)OC2=O)cc1. The molecular formula is C27H32ClN5O3S2. The smallest absolute Gasteiger partial charge is 0.414 e. The minimum absolute atomic E-state index is 0.101. The Morgan fingerprint density at radius 3 is 2.71 bits per heavy atom. The average molecular weight is 574 g/mol. The molecule has 38 heavy (non-hydrogen) atoms. The van der Waals surface area contributed by atoms with E-state index in [4.69, 9.17) is 21.1 Å². The first-order chi connectivity index (χ1) is 18.4. The van der Waals surface area contributed by atoms with E-state index in [1.165, 1.54) is 4.90 Å². The van der Waals surface area contributed by atoms with Crippen molar-refractivity contribution in [1.29, 1.82) is 0 Å². The second-order valence-electron chi connectivity index (χ2n) is 8.84. The maximum absolute atomic E-state index is 12.3. The summed E-state index contributed by atoms with van der Waals surface area (Å²) in [5.41, 5.74) is 3.72. The number of rotatable bonds is 12. The van der Waals surface area contributed by atoms with E-state index in [-0.39, 0.29) is 12.2 Å². The molecule has 3 aromatic rings. The Bertz CT molecular complexity index is 1260. The van der Waals surface area contributed by atoms with Gasteiger partial charge in [0.15, 0.2) is 0 Å². The number of halogens is 1. The number of nitrogens with one attached hydrogen (secondary N) is 1. The van der Waals surface area contributed by atoms with Crippen molar-refractivity contribution in [3.8, 4) is 5.75 Å². The molecule has 0 radical (unpaired) electrons. The van der Waals surface area contributed by atoms with Crippen LogP contribution in [0.1, 0.15) is 29.2 Å². The van der Waals surface area contributed by atoms with Crippen LogP contribution >= 0.6 is 35.1 Å². The molecule has 1 unspecified atom stereocenters. The highest BCUT2D eigenvalue weighted by Crippen LogP contribution is 2.28. The standard InChI is InChI=1S/C27H32ClN5O3S2/c1-17-23(14-30-26-25(28)18(2)31-19(3)32-26)29-11-10-24(17)38-13-5-12-37-16-22-15-33(27(34)36-22)20-6-8-21(35-4)9-7-20/h6-11,22H,5,12-16H2,1-4H3,(H,30,31,32). The monoisotopic (exact) mass is 573 g/mol. The number of aromatic nitrogens is 3. The minimum atomic E-state index is -0.290. The lowest BCUT2D eigenvalue weighted by atomic mass is 10.2. The number of anilines is 2. The van der Waals surface area contributed by atoms with E-state index in [9.17, 15) is 4.79 Å². The van der Waals surface area contributed by atoms with Crippen molar-refractivity contribution in [3.63, 3.8) is 0 Å². The number of ether oxygens (including phenoxy) is 2. The van der Waals surface area contributed by atoms with Gasteiger partial charge in [0.1, 0.15) is 28.5 Å². The summed E-state index contributed by atoms with van der Waals surface area (Å²) in [6, 6.07) is 9.52. The van der Waals surface area contributed by atoms with Crippen molar-refractivity contribution in [2.24, 2.45) is 0 Å². The summed E-state index contributed by atoms with van der Waals surface area (Å²) < 4.78 is 10.8. The second kappa shape index (κ2) is 13.4. The number of nitrogens with zero attached hydrogens (tertiary/aromatic N) is 4. The molecule has 4 rings (SSSR count). The van der Waals surface area contributed by atoms with Crippen molar-refractivity contribution < 1.29 is 14.3 Å². The molecule has 0 spiro atoms. The van der Waals surface area contributed by atoms with Crippen LogP contribution in [-0.2, 0) is 11.3 Å². The summed E-state index contributed by atoms with van der Waals surface area (Å²) in [6.07, 6.45) is 2.52. The van der Waals surface area contributed by atoms with Crippen LogP contribution in [0, 0.1) is 20.8 Å². The predicted octanol–water partition coefficient (Wildman–Crippen LogP) is 6.31. The van der Waals surface area contributed by atoms with Crippen LogP contribution in [0.4, 0.5) is 16.3 Å². The van der Waals surface area contributed by atoms with E-state index in [0.717, 1.165) is 52.1 Å². The molecule has 1 aliphatic heterocycles. The predicted molar refractivity (Wildman–Crippen MR) is 156 cm³/mol.